The van der Waals surface area contributed by atoms with Gasteiger partial charge in [-0.25, -0.2) is 0 Å². The van der Waals surface area contributed by atoms with E-state index in [0.29, 0.717) is 34.2 Å². The molecule has 0 fully saturated rings. The van der Waals surface area contributed by atoms with Crippen LogP contribution in [0.4, 0.5) is 14.5 Å². The maximum atomic E-state index is 13.6. The van der Waals surface area contributed by atoms with E-state index in [1.165, 1.54) is 4.90 Å². The minimum Gasteiger partial charge on any atom is -0.466 e. The van der Waals surface area contributed by atoms with Crippen LogP contribution in [0.2, 0.25) is 5.02 Å². The molecule has 178 valence electrons. The summed E-state index contributed by atoms with van der Waals surface area (Å²) in [4.78, 5) is 26.9. The molecule has 1 amide bonds. The number of ether oxygens (including phenoxy) is 2. The van der Waals surface area contributed by atoms with Crippen molar-refractivity contribution in [1.82, 2.24) is 0 Å². The number of fused-ring (bicyclic) bond motifs is 2. The molecule has 0 atom stereocenters. The molecule has 34 heavy (non-hydrogen) atoms. The lowest BCUT2D eigenvalue weighted by atomic mass is 9.91. The summed E-state index contributed by atoms with van der Waals surface area (Å²) in [6, 6.07) is 12.1. The maximum Gasteiger partial charge on any atom is 0.387 e. The molecule has 0 saturated carbocycles. The SMILES string of the molecule is CCCc1c2c(c(OC(F)F)c3ccccc13)CN(c1ccc(CC(=O)OCC)cc1Cl)C2=O. The molecule has 1 aliphatic heterocycles. The second-order valence-electron chi connectivity index (χ2n) is 7.99. The van der Waals surface area contributed by atoms with Gasteiger partial charge in [-0.15, -0.1) is 0 Å². The van der Waals surface area contributed by atoms with Crippen molar-refractivity contribution in [2.75, 3.05) is 11.5 Å². The second kappa shape index (κ2) is 9.97. The number of hydrogen-bond donors (Lipinski definition) is 0. The third kappa shape index (κ3) is 4.44. The topological polar surface area (TPSA) is 55.8 Å². The molecule has 0 saturated heterocycles. The van der Waals surface area contributed by atoms with Gasteiger partial charge in [-0.05, 0) is 42.0 Å². The standard InChI is InChI=1S/C26H24ClF2NO4/c1-3-7-17-16-8-5-6-9-18(16)24(34-26(28)29)19-14-30(25(32)23(17)19)21-11-10-15(12-20(21)27)13-22(31)33-4-2/h5-6,8-12,26H,3-4,7,13-14H2,1-2H3. The fraction of sp³-hybridized carbons (Fsp3) is 0.308. The number of anilines is 1. The van der Waals surface area contributed by atoms with Crippen LogP contribution in [-0.2, 0) is 28.9 Å². The van der Waals surface area contributed by atoms with Gasteiger partial charge in [0.2, 0.25) is 0 Å². The average Bonchev–Trinajstić information content (AvgIpc) is 3.13. The Morgan fingerprint density at radius 1 is 1.15 bits per heavy atom. The fourth-order valence-corrected chi connectivity index (χ4v) is 4.80. The predicted octanol–water partition coefficient (Wildman–Crippen LogP) is 6.31. The number of hydrogen-bond acceptors (Lipinski definition) is 4. The lowest BCUT2D eigenvalue weighted by molar-refractivity contribution is -0.142. The van der Waals surface area contributed by atoms with Crippen LogP contribution in [0.15, 0.2) is 42.5 Å². The minimum atomic E-state index is -3.03. The lowest BCUT2D eigenvalue weighted by Crippen LogP contribution is -2.24. The van der Waals surface area contributed by atoms with Crippen molar-refractivity contribution in [2.45, 2.75) is 46.3 Å². The highest BCUT2D eigenvalue weighted by Crippen LogP contribution is 2.44. The van der Waals surface area contributed by atoms with Gasteiger partial charge in [0, 0.05) is 10.9 Å². The van der Waals surface area contributed by atoms with Crippen molar-refractivity contribution in [3.05, 3.63) is 69.7 Å². The van der Waals surface area contributed by atoms with Crippen molar-refractivity contribution in [1.29, 1.82) is 0 Å². The smallest absolute Gasteiger partial charge is 0.387 e. The van der Waals surface area contributed by atoms with E-state index in [4.69, 9.17) is 21.1 Å². The van der Waals surface area contributed by atoms with Crippen LogP contribution >= 0.6 is 11.6 Å². The number of amides is 1. The molecule has 0 aromatic heterocycles. The van der Waals surface area contributed by atoms with Crippen LogP contribution < -0.4 is 9.64 Å². The first-order chi connectivity index (χ1) is 16.3. The zero-order valence-corrected chi connectivity index (χ0v) is 19.6. The Kier molecular flexibility index (Phi) is 7.03. The average molecular weight is 488 g/mol. The predicted molar refractivity (Wildman–Crippen MR) is 127 cm³/mol. The quantitative estimate of drug-likeness (QED) is 0.349. The van der Waals surface area contributed by atoms with E-state index >= 15 is 0 Å². The number of rotatable bonds is 8. The fourth-order valence-electron chi connectivity index (χ4n) is 4.50. The summed E-state index contributed by atoms with van der Waals surface area (Å²) in [7, 11) is 0. The number of halogens is 3. The monoisotopic (exact) mass is 487 g/mol. The molecule has 0 unspecified atom stereocenters. The van der Waals surface area contributed by atoms with Gasteiger partial charge < -0.3 is 14.4 Å². The summed E-state index contributed by atoms with van der Waals surface area (Å²) in [6.07, 6.45) is 1.45. The molecule has 3 aromatic carbocycles. The van der Waals surface area contributed by atoms with E-state index < -0.39 is 6.61 Å². The number of carbonyl (C=O) groups is 2. The molecular weight excluding hydrogens is 464 g/mol. The Bertz CT molecular complexity index is 1260. The van der Waals surface area contributed by atoms with Crippen molar-refractivity contribution in [3.8, 4) is 5.75 Å². The summed E-state index contributed by atoms with van der Waals surface area (Å²) < 4.78 is 36.7. The minimum absolute atomic E-state index is 0.0198. The summed E-state index contributed by atoms with van der Waals surface area (Å²) in [5, 5.41) is 1.56. The van der Waals surface area contributed by atoms with E-state index in [0.717, 1.165) is 17.4 Å². The van der Waals surface area contributed by atoms with Gasteiger partial charge in [-0.3, -0.25) is 9.59 Å². The number of esters is 1. The number of alkyl halides is 2. The molecule has 0 spiro atoms. The van der Waals surface area contributed by atoms with Crippen LogP contribution in [0, 0.1) is 0 Å². The normalized spacial score (nSPS) is 13.0. The van der Waals surface area contributed by atoms with E-state index in [-0.39, 0.29) is 42.2 Å². The second-order valence-corrected chi connectivity index (χ2v) is 8.40. The van der Waals surface area contributed by atoms with E-state index in [2.05, 4.69) is 0 Å². The summed E-state index contributed by atoms with van der Waals surface area (Å²) in [5.41, 5.74) is 2.72. The van der Waals surface area contributed by atoms with Crippen molar-refractivity contribution >= 4 is 39.9 Å². The van der Waals surface area contributed by atoms with Crippen LogP contribution in [0.1, 0.15) is 47.3 Å². The third-order valence-corrected chi connectivity index (χ3v) is 6.12. The van der Waals surface area contributed by atoms with E-state index in [1.807, 2.05) is 19.1 Å². The van der Waals surface area contributed by atoms with Crippen LogP contribution in [0.25, 0.3) is 10.8 Å². The van der Waals surface area contributed by atoms with Crippen molar-refractivity contribution < 1.29 is 27.8 Å². The summed E-state index contributed by atoms with van der Waals surface area (Å²) in [5.74, 6) is -0.671. The molecule has 0 radical (unpaired) electrons. The Morgan fingerprint density at radius 2 is 1.88 bits per heavy atom. The Morgan fingerprint density at radius 3 is 2.53 bits per heavy atom. The van der Waals surface area contributed by atoms with Gasteiger partial charge in [0.1, 0.15) is 5.75 Å². The van der Waals surface area contributed by atoms with Crippen molar-refractivity contribution in [2.24, 2.45) is 0 Å². The lowest BCUT2D eigenvalue weighted by Gasteiger charge is -2.18. The first-order valence-electron chi connectivity index (χ1n) is 11.1. The van der Waals surface area contributed by atoms with Crippen LogP contribution in [-0.4, -0.2) is 25.1 Å². The number of benzene rings is 3. The summed E-state index contributed by atoms with van der Waals surface area (Å²) >= 11 is 6.51. The number of carbonyl (C=O) groups excluding carboxylic acids is 2. The Balaban J connectivity index is 1.80. The van der Waals surface area contributed by atoms with E-state index in [1.54, 1.807) is 37.3 Å². The van der Waals surface area contributed by atoms with Gasteiger partial charge >= 0.3 is 12.6 Å². The third-order valence-electron chi connectivity index (χ3n) is 5.81. The van der Waals surface area contributed by atoms with Gasteiger partial charge in [0.15, 0.2) is 0 Å². The highest BCUT2D eigenvalue weighted by atomic mass is 35.5. The molecule has 0 bridgehead atoms. The molecular formula is C26H24ClF2NO4. The summed E-state index contributed by atoms with van der Waals surface area (Å²) in [6.45, 7) is 1.03. The largest absolute Gasteiger partial charge is 0.466 e. The Hall–Kier alpha value is -3.19. The highest BCUT2D eigenvalue weighted by molar-refractivity contribution is 6.34. The van der Waals surface area contributed by atoms with Crippen molar-refractivity contribution in [3.63, 3.8) is 0 Å². The molecule has 0 aliphatic carbocycles. The molecule has 8 heteroatoms. The molecule has 1 heterocycles. The zero-order valence-electron chi connectivity index (χ0n) is 18.9. The van der Waals surface area contributed by atoms with Gasteiger partial charge in [-0.1, -0.05) is 55.3 Å². The maximum absolute atomic E-state index is 13.6. The first kappa shape index (κ1) is 24.0. The first-order valence-corrected chi connectivity index (χ1v) is 11.5. The Labute approximate surface area is 201 Å². The molecule has 1 aliphatic rings. The molecule has 0 N–H and O–H groups in total. The van der Waals surface area contributed by atoms with Crippen LogP contribution in [0.5, 0.6) is 5.75 Å². The zero-order chi connectivity index (χ0) is 24.4. The molecule has 5 nitrogen and oxygen atoms in total. The molecule has 4 rings (SSSR count). The van der Waals surface area contributed by atoms with Gasteiger partial charge in [-0.2, -0.15) is 8.78 Å². The number of nitrogens with zero attached hydrogens (tertiary/aromatic N) is 1. The molecule has 3 aromatic rings. The number of aryl methyl sites for hydroxylation is 1. The van der Waals surface area contributed by atoms with Crippen LogP contribution in [0.3, 0.4) is 0 Å². The van der Waals surface area contributed by atoms with Gasteiger partial charge in [0.25, 0.3) is 5.91 Å². The van der Waals surface area contributed by atoms with Gasteiger partial charge in [0.05, 0.1) is 35.8 Å². The van der Waals surface area contributed by atoms with E-state index in [9.17, 15) is 18.4 Å². The highest BCUT2D eigenvalue weighted by Gasteiger charge is 2.36.